The number of hydrogen-bond donors (Lipinski definition) is 3. The Morgan fingerprint density at radius 3 is 3.00 bits per heavy atom. The van der Waals surface area contributed by atoms with Crippen LogP contribution in [0.2, 0.25) is 0 Å². The predicted molar refractivity (Wildman–Crippen MR) is 57.2 cm³/mol. The maximum atomic E-state index is 5.46. The molecule has 82 valence electrons. The maximum Gasteiger partial charge on any atom is 0.184 e. The van der Waals surface area contributed by atoms with E-state index in [0.717, 1.165) is 30.5 Å². The zero-order chi connectivity index (χ0) is 11.0. The molecule has 7 nitrogen and oxygen atoms in total. The van der Waals surface area contributed by atoms with Crippen LogP contribution in [-0.2, 0) is 12.8 Å². The first kappa shape index (κ1) is 9.22. The predicted octanol–water partition coefficient (Wildman–Crippen LogP) is 0.0360. The third-order valence-corrected chi connectivity index (χ3v) is 2.71. The molecule has 1 aliphatic carbocycles. The molecule has 0 aromatic carbocycles. The van der Waals surface area contributed by atoms with E-state index in [0.29, 0.717) is 17.3 Å². The zero-order valence-corrected chi connectivity index (χ0v) is 8.56. The number of nitrogens with one attached hydrogen (secondary N) is 2. The van der Waals surface area contributed by atoms with Gasteiger partial charge in [-0.25, -0.2) is 15.8 Å². The molecule has 1 aliphatic rings. The van der Waals surface area contributed by atoms with E-state index in [4.69, 9.17) is 5.84 Å². The van der Waals surface area contributed by atoms with E-state index >= 15 is 0 Å². The quantitative estimate of drug-likeness (QED) is 0.484. The molecule has 0 bridgehead atoms. The summed E-state index contributed by atoms with van der Waals surface area (Å²) in [7, 11) is 0. The van der Waals surface area contributed by atoms with Crippen LogP contribution in [0.3, 0.4) is 0 Å². The lowest BCUT2D eigenvalue weighted by atomic mass is 10.2. The van der Waals surface area contributed by atoms with E-state index in [1.165, 1.54) is 0 Å². The fourth-order valence-corrected chi connectivity index (χ4v) is 1.98. The number of hydrogen-bond acceptors (Lipinski definition) is 6. The normalized spacial score (nSPS) is 13.8. The van der Waals surface area contributed by atoms with Crippen LogP contribution in [0.5, 0.6) is 0 Å². The molecular formula is C9H11N7. The van der Waals surface area contributed by atoms with Crippen LogP contribution < -0.4 is 11.3 Å². The lowest BCUT2D eigenvalue weighted by Crippen LogP contribution is -2.12. The van der Waals surface area contributed by atoms with Gasteiger partial charge < -0.3 is 5.43 Å². The summed E-state index contributed by atoms with van der Waals surface area (Å²) in [6.07, 6.45) is 4.64. The first-order chi connectivity index (χ1) is 7.88. The van der Waals surface area contributed by atoms with Crippen molar-refractivity contribution in [3.8, 4) is 11.5 Å². The van der Waals surface area contributed by atoms with Gasteiger partial charge in [0.05, 0.1) is 6.20 Å². The van der Waals surface area contributed by atoms with E-state index in [2.05, 4.69) is 30.8 Å². The van der Waals surface area contributed by atoms with E-state index < -0.39 is 0 Å². The van der Waals surface area contributed by atoms with Crippen LogP contribution in [0.15, 0.2) is 6.20 Å². The monoisotopic (exact) mass is 217 g/mol. The summed E-state index contributed by atoms with van der Waals surface area (Å²) in [6.45, 7) is 0. The Bertz CT molecular complexity index is 505. The molecule has 0 aliphatic heterocycles. The topological polar surface area (TPSA) is 105 Å². The van der Waals surface area contributed by atoms with Crippen molar-refractivity contribution < 1.29 is 0 Å². The molecule has 16 heavy (non-hydrogen) atoms. The highest BCUT2D eigenvalue weighted by Crippen LogP contribution is 2.27. The van der Waals surface area contributed by atoms with Gasteiger partial charge >= 0.3 is 0 Å². The third-order valence-electron chi connectivity index (χ3n) is 2.71. The smallest absolute Gasteiger partial charge is 0.184 e. The lowest BCUT2D eigenvalue weighted by molar-refractivity contribution is 0.899. The van der Waals surface area contributed by atoms with Crippen molar-refractivity contribution in [2.24, 2.45) is 5.84 Å². The van der Waals surface area contributed by atoms with Crippen molar-refractivity contribution >= 4 is 5.82 Å². The van der Waals surface area contributed by atoms with Crippen molar-refractivity contribution in [2.75, 3.05) is 5.43 Å². The van der Waals surface area contributed by atoms with Crippen LogP contribution in [0.25, 0.3) is 11.5 Å². The van der Waals surface area contributed by atoms with E-state index in [1.54, 1.807) is 6.20 Å². The molecule has 0 unspecified atom stereocenters. The van der Waals surface area contributed by atoms with Crippen molar-refractivity contribution in [1.82, 2.24) is 25.4 Å². The number of fused-ring (bicyclic) bond motifs is 1. The van der Waals surface area contributed by atoms with Crippen LogP contribution in [0.4, 0.5) is 5.82 Å². The van der Waals surface area contributed by atoms with Gasteiger partial charge in [0.15, 0.2) is 5.82 Å². The number of rotatable bonds is 2. The maximum absolute atomic E-state index is 5.46. The SMILES string of the molecule is NNc1nc(-c2cn[nH]n2)nc2c1CCC2. The lowest BCUT2D eigenvalue weighted by Gasteiger charge is -2.07. The number of nitrogen functional groups attached to an aromatic ring is 1. The van der Waals surface area contributed by atoms with Crippen LogP contribution >= 0.6 is 0 Å². The van der Waals surface area contributed by atoms with Gasteiger partial charge in [-0.05, 0) is 19.3 Å². The Morgan fingerprint density at radius 1 is 1.31 bits per heavy atom. The van der Waals surface area contributed by atoms with Crippen LogP contribution in [0, 0.1) is 0 Å². The van der Waals surface area contributed by atoms with Gasteiger partial charge in [0.1, 0.15) is 11.5 Å². The van der Waals surface area contributed by atoms with Gasteiger partial charge in [0.25, 0.3) is 0 Å². The summed E-state index contributed by atoms with van der Waals surface area (Å²) < 4.78 is 0. The van der Waals surface area contributed by atoms with Crippen molar-refractivity contribution in [3.63, 3.8) is 0 Å². The number of anilines is 1. The minimum absolute atomic E-state index is 0.558. The Hall–Kier alpha value is -2.02. The molecule has 0 amide bonds. The van der Waals surface area contributed by atoms with E-state index in [-0.39, 0.29) is 0 Å². The van der Waals surface area contributed by atoms with Gasteiger partial charge in [-0.1, -0.05) is 0 Å². The molecule has 2 aromatic heterocycles. The first-order valence-corrected chi connectivity index (χ1v) is 5.11. The average Bonchev–Trinajstić information content (AvgIpc) is 2.97. The fraction of sp³-hybridized carbons (Fsp3) is 0.333. The number of hydrazine groups is 1. The number of aromatic amines is 1. The summed E-state index contributed by atoms with van der Waals surface area (Å²) in [5.41, 5.74) is 5.43. The summed E-state index contributed by atoms with van der Waals surface area (Å²) in [6, 6.07) is 0. The Labute approximate surface area is 91.5 Å². The van der Waals surface area contributed by atoms with Crippen molar-refractivity contribution in [3.05, 3.63) is 17.5 Å². The van der Waals surface area contributed by atoms with E-state index in [9.17, 15) is 0 Å². The molecule has 0 saturated carbocycles. The molecule has 0 radical (unpaired) electrons. The third kappa shape index (κ3) is 1.33. The highest BCUT2D eigenvalue weighted by Gasteiger charge is 2.19. The van der Waals surface area contributed by atoms with Gasteiger partial charge in [-0.15, -0.1) is 0 Å². The van der Waals surface area contributed by atoms with Gasteiger partial charge in [-0.3, -0.25) is 0 Å². The van der Waals surface area contributed by atoms with E-state index in [1.807, 2.05) is 0 Å². The standard InChI is InChI=1S/C9H11N7/c10-14-8-5-2-1-3-6(5)12-9(13-8)7-4-11-16-15-7/h4H,1-3,10H2,(H,11,15,16)(H,12,13,14). The summed E-state index contributed by atoms with van der Waals surface area (Å²) >= 11 is 0. The summed E-state index contributed by atoms with van der Waals surface area (Å²) in [5.74, 6) is 6.71. The minimum Gasteiger partial charge on any atom is -0.308 e. The number of nitrogens with zero attached hydrogens (tertiary/aromatic N) is 4. The molecule has 3 rings (SSSR count). The Morgan fingerprint density at radius 2 is 2.25 bits per heavy atom. The van der Waals surface area contributed by atoms with Crippen LogP contribution in [-0.4, -0.2) is 25.4 Å². The average molecular weight is 217 g/mol. The molecular weight excluding hydrogens is 206 g/mol. The number of aromatic nitrogens is 5. The minimum atomic E-state index is 0.558. The Kier molecular flexibility index (Phi) is 2.03. The molecule has 0 fully saturated rings. The highest BCUT2D eigenvalue weighted by atomic mass is 15.3. The first-order valence-electron chi connectivity index (χ1n) is 5.11. The molecule has 0 atom stereocenters. The zero-order valence-electron chi connectivity index (χ0n) is 8.56. The molecule has 2 aromatic rings. The van der Waals surface area contributed by atoms with Crippen molar-refractivity contribution in [2.45, 2.75) is 19.3 Å². The van der Waals surface area contributed by atoms with Gasteiger partial charge in [0, 0.05) is 11.3 Å². The summed E-state index contributed by atoms with van der Waals surface area (Å²) in [4.78, 5) is 8.81. The Balaban J connectivity index is 2.15. The van der Waals surface area contributed by atoms with Crippen LogP contribution in [0.1, 0.15) is 17.7 Å². The molecule has 7 heteroatoms. The second kappa shape index (κ2) is 3.53. The number of aryl methyl sites for hydroxylation is 1. The second-order valence-electron chi connectivity index (χ2n) is 3.67. The molecule has 0 saturated heterocycles. The summed E-state index contributed by atoms with van der Waals surface area (Å²) in [5, 5.41) is 10.2. The molecule has 0 spiro atoms. The number of nitrogens with two attached hydrogens (primary N) is 1. The molecule has 2 heterocycles. The van der Waals surface area contributed by atoms with Crippen molar-refractivity contribution in [1.29, 1.82) is 0 Å². The molecule has 4 N–H and O–H groups in total. The fourth-order valence-electron chi connectivity index (χ4n) is 1.98. The largest absolute Gasteiger partial charge is 0.308 e. The van der Waals surface area contributed by atoms with Gasteiger partial charge in [0.2, 0.25) is 0 Å². The van der Waals surface area contributed by atoms with Gasteiger partial charge in [-0.2, -0.15) is 15.4 Å². The highest BCUT2D eigenvalue weighted by molar-refractivity contribution is 5.56. The number of H-pyrrole nitrogens is 1. The second-order valence-corrected chi connectivity index (χ2v) is 3.67.